The van der Waals surface area contributed by atoms with Crippen molar-refractivity contribution in [1.82, 2.24) is 0 Å². The molecule has 0 bridgehead atoms. The lowest BCUT2D eigenvalue weighted by Crippen LogP contribution is -2.14. The van der Waals surface area contributed by atoms with Crippen LogP contribution in [0.4, 0.5) is 38.5 Å². The number of halogens is 1. The number of anilines is 6. The molecule has 0 aliphatic heterocycles. The summed E-state index contributed by atoms with van der Waals surface area (Å²) in [5, 5.41) is 6.72. The molecule has 2 nitrogen and oxygen atoms in total. The molecule has 0 saturated carbocycles. The van der Waals surface area contributed by atoms with E-state index >= 15 is 4.39 Å². The van der Waals surface area contributed by atoms with Crippen molar-refractivity contribution in [2.24, 2.45) is 0 Å². The molecule has 322 valence electrons. The SMILES string of the molecule is Cc1cc(-c2ccccc2)cc(-c2ccccc2)c1N(c1ccccc1)c1ccc2ccc3c(N(c4ccccc4)c4c(F)cc(-c5ccccc5)cc4-c4ccccc4)ccc4ccc1c2c43. The molecule has 0 heterocycles. The number of aryl methyl sites for hydroxylation is 1. The molecule has 0 atom stereocenters. The minimum Gasteiger partial charge on any atom is -0.309 e. The van der Waals surface area contributed by atoms with Gasteiger partial charge in [-0.15, -0.1) is 0 Å². The summed E-state index contributed by atoms with van der Waals surface area (Å²) in [6, 6.07) is 89.0. The summed E-state index contributed by atoms with van der Waals surface area (Å²) in [4.78, 5) is 4.57. The third kappa shape index (κ3) is 7.13. The molecule has 12 aromatic carbocycles. The van der Waals surface area contributed by atoms with Crippen LogP contribution >= 0.6 is 0 Å². The molecule has 0 N–H and O–H groups in total. The van der Waals surface area contributed by atoms with Gasteiger partial charge in [0.25, 0.3) is 0 Å². The van der Waals surface area contributed by atoms with Gasteiger partial charge in [0.15, 0.2) is 0 Å². The molecule has 0 unspecified atom stereocenters. The second kappa shape index (κ2) is 17.2. The molecule has 0 aliphatic carbocycles. The average molecular weight is 873 g/mol. The maximum absolute atomic E-state index is 17.6. The zero-order valence-electron chi connectivity index (χ0n) is 37.5. The Bertz CT molecular complexity index is 3480. The van der Waals surface area contributed by atoms with Gasteiger partial charge in [0.05, 0.1) is 22.7 Å². The Morgan fingerprint density at radius 3 is 1.10 bits per heavy atom. The average Bonchev–Trinajstić information content (AvgIpc) is 3.41. The van der Waals surface area contributed by atoms with Gasteiger partial charge in [-0.1, -0.05) is 194 Å². The number of nitrogens with zero attached hydrogens (tertiary/aromatic N) is 2. The zero-order chi connectivity index (χ0) is 45.6. The monoisotopic (exact) mass is 872 g/mol. The van der Waals surface area contributed by atoms with Crippen LogP contribution in [0, 0.1) is 12.7 Å². The minimum absolute atomic E-state index is 0.302. The van der Waals surface area contributed by atoms with Gasteiger partial charge >= 0.3 is 0 Å². The van der Waals surface area contributed by atoms with Crippen LogP contribution in [0.25, 0.3) is 76.8 Å². The van der Waals surface area contributed by atoms with Gasteiger partial charge in [0.1, 0.15) is 5.82 Å². The lowest BCUT2D eigenvalue weighted by atomic mass is 9.90. The number of rotatable bonds is 10. The standard InChI is InChI=1S/C65H45FN2/c1-44-40-51(45-20-8-2-9-21-45)41-57(47-24-12-4-13-25-47)64(44)67(53-28-16-6-17-29-53)60-38-34-49-33-37-56-61(39-35-50-32-36-55(60)62(49)63(50)56)68(54-30-18-7-19-31-54)65-58(48-26-14-5-15-27-48)42-52(43-59(65)66)46-22-10-3-11-23-46/h2-43H,1H3. The fourth-order valence-corrected chi connectivity index (χ4v) is 10.3. The summed E-state index contributed by atoms with van der Waals surface area (Å²) in [5.41, 5.74) is 14.8. The highest BCUT2D eigenvalue weighted by molar-refractivity contribution is 6.28. The van der Waals surface area contributed by atoms with Crippen molar-refractivity contribution < 1.29 is 4.39 Å². The van der Waals surface area contributed by atoms with E-state index in [0.29, 0.717) is 5.69 Å². The molecular formula is C65H45FN2. The number of hydrogen-bond donors (Lipinski definition) is 0. The van der Waals surface area contributed by atoms with Gasteiger partial charge in [-0.25, -0.2) is 4.39 Å². The Kier molecular flexibility index (Phi) is 10.3. The summed E-state index contributed by atoms with van der Waals surface area (Å²) < 4.78 is 17.6. The lowest BCUT2D eigenvalue weighted by Gasteiger charge is -2.32. The van der Waals surface area contributed by atoms with E-state index in [1.807, 2.05) is 66.7 Å². The minimum atomic E-state index is -0.302. The third-order valence-corrected chi connectivity index (χ3v) is 13.3. The summed E-state index contributed by atoms with van der Waals surface area (Å²) in [7, 11) is 0. The predicted octanol–water partition coefficient (Wildman–Crippen LogP) is 18.6. The van der Waals surface area contributed by atoms with E-state index in [-0.39, 0.29) is 5.82 Å². The highest BCUT2D eigenvalue weighted by Gasteiger charge is 2.27. The van der Waals surface area contributed by atoms with Crippen LogP contribution in [0.5, 0.6) is 0 Å². The van der Waals surface area contributed by atoms with Gasteiger partial charge in [-0.2, -0.15) is 0 Å². The zero-order valence-corrected chi connectivity index (χ0v) is 37.5. The first kappa shape index (κ1) is 40.7. The number of para-hydroxylation sites is 2. The predicted molar refractivity (Wildman–Crippen MR) is 286 cm³/mol. The van der Waals surface area contributed by atoms with Crippen LogP contribution < -0.4 is 9.80 Å². The van der Waals surface area contributed by atoms with Crippen LogP contribution in [0.2, 0.25) is 0 Å². The van der Waals surface area contributed by atoms with E-state index < -0.39 is 0 Å². The molecule has 0 aliphatic rings. The molecule has 0 aromatic heterocycles. The molecule has 3 heteroatoms. The van der Waals surface area contributed by atoms with E-state index in [1.165, 1.54) is 11.1 Å². The molecule has 0 amide bonds. The summed E-state index contributed by atoms with van der Waals surface area (Å²) in [5.74, 6) is -0.302. The normalized spacial score (nSPS) is 11.4. The lowest BCUT2D eigenvalue weighted by molar-refractivity contribution is 0.630. The fraction of sp³-hybridized carbons (Fsp3) is 0.0154. The molecular weight excluding hydrogens is 828 g/mol. The maximum Gasteiger partial charge on any atom is 0.148 e. The third-order valence-electron chi connectivity index (χ3n) is 13.3. The first-order chi connectivity index (χ1) is 33.6. The number of hydrogen-bond acceptors (Lipinski definition) is 2. The van der Waals surface area contributed by atoms with Crippen molar-refractivity contribution in [3.05, 3.63) is 266 Å². The molecule has 12 aromatic rings. The van der Waals surface area contributed by atoms with Crippen LogP contribution in [0.15, 0.2) is 255 Å². The Labute approximate surface area is 396 Å². The summed E-state index contributed by atoms with van der Waals surface area (Å²) in [6.07, 6.45) is 0. The second-order valence-electron chi connectivity index (χ2n) is 17.4. The van der Waals surface area contributed by atoms with E-state index in [4.69, 9.17) is 0 Å². The maximum atomic E-state index is 17.6. The van der Waals surface area contributed by atoms with Crippen molar-refractivity contribution in [3.8, 4) is 44.5 Å². The summed E-state index contributed by atoms with van der Waals surface area (Å²) >= 11 is 0. The van der Waals surface area contributed by atoms with Crippen molar-refractivity contribution in [1.29, 1.82) is 0 Å². The Morgan fingerprint density at radius 1 is 0.309 bits per heavy atom. The van der Waals surface area contributed by atoms with Gasteiger partial charge < -0.3 is 9.80 Å². The molecule has 0 fully saturated rings. The van der Waals surface area contributed by atoms with Crippen LogP contribution in [-0.2, 0) is 0 Å². The van der Waals surface area contributed by atoms with Gasteiger partial charge in [-0.3, -0.25) is 0 Å². The van der Waals surface area contributed by atoms with Crippen LogP contribution in [-0.4, -0.2) is 0 Å². The van der Waals surface area contributed by atoms with Crippen molar-refractivity contribution in [2.45, 2.75) is 6.92 Å². The van der Waals surface area contributed by atoms with Crippen molar-refractivity contribution in [3.63, 3.8) is 0 Å². The molecule has 0 radical (unpaired) electrons. The first-order valence-electron chi connectivity index (χ1n) is 23.2. The van der Waals surface area contributed by atoms with Crippen LogP contribution in [0.1, 0.15) is 5.56 Å². The fourth-order valence-electron chi connectivity index (χ4n) is 10.3. The Morgan fingerprint density at radius 2 is 0.662 bits per heavy atom. The van der Waals surface area contributed by atoms with Gasteiger partial charge in [0, 0.05) is 33.3 Å². The largest absolute Gasteiger partial charge is 0.309 e. The smallest absolute Gasteiger partial charge is 0.148 e. The van der Waals surface area contributed by atoms with Crippen molar-refractivity contribution >= 4 is 66.4 Å². The van der Waals surface area contributed by atoms with Crippen molar-refractivity contribution in [2.75, 3.05) is 9.80 Å². The van der Waals surface area contributed by atoms with Gasteiger partial charge in [0.2, 0.25) is 0 Å². The topological polar surface area (TPSA) is 6.48 Å². The Hall–Kier alpha value is -8.79. The molecule has 0 saturated heterocycles. The Balaban J connectivity index is 1.12. The van der Waals surface area contributed by atoms with E-state index in [0.717, 1.165) is 99.7 Å². The van der Waals surface area contributed by atoms with Gasteiger partial charge in [-0.05, 0) is 128 Å². The van der Waals surface area contributed by atoms with E-state index in [1.54, 1.807) is 6.07 Å². The quantitative estimate of drug-likeness (QED) is 0.126. The van der Waals surface area contributed by atoms with Crippen LogP contribution in [0.3, 0.4) is 0 Å². The van der Waals surface area contributed by atoms with E-state index in [2.05, 4.69) is 199 Å². The highest BCUT2D eigenvalue weighted by atomic mass is 19.1. The molecule has 68 heavy (non-hydrogen) atoms. The highest BCUT2D eigenvalue weighted by Crippen LogP contribution is 2.52. The summed E-state index contributed by atoms with van der Waals surface area (Å²) in [6.45, 7) is 2.24. The second-order valence-corrected chi connectivity index (χ2v) is 17.4. The number of benzene rings is 12. The molecule has 12 rings (SSSR count). The molecule has 0 spiro atoms. The van der Waals surface area contributed by atoms with E-state index in [9.17, 15) is 0 Å². The first-order valence-corrected chi connectivity index (χ1v) is 23.2.